The fourth-order valence-electron chi connectivity index (χ4n) is 0. The molecule has 0 heterocycles. The summed E-state index contributed by atoms with van der Waals surface area (Å²) in [6.45, 7) is 1.93. The zero-order chi connectivity index (χ0) is 2.71. The van der Waals surface area contributed by atoms with Crippen molar-refractivity contribution in [3.05, 3.63) is 0 Å². The fourth-order valence-corrected chi connectivity index (χ4v) is 0. The van der Waals surface area contributed by atoms with Gasteiger partial charge in [0.2, 0.25) is 0 Å². The molecule has 0 aliphatic rings. The third kappa shape index (κ3) is 952. The first kappa shape index (κ1) is 20.8. The molecule has 0 aromatic heterocycles. The summed E-state index contributed by atoms with van der Waals surface area (Å²) >= 11 is 0. The molecule has 0 unspecified atom stereocenters. The molecule has 0 aliphatic carbocycles. The molecule has 6 radical (unpaired) electrons. The number of aliphatic hydroxyl groups excluding tert-OH is 1. The highest BCUT2D eigenvalue weighted by Gasteiger charge is 1.34. The Balaban J connectivity index is -0.0000000200. The summed E-state index contributed by atoms with van der Waals surface area (Å²) in [6.07, 6.45) is 0. The number of nitrogens with zero attached hydrogens (tertiary/aromatic N) is 2. The minimum Gasteiger partial charge on any atom is -0.397 e. The van der Waals surface area contributed by atoms with E-state index in [-0.39, 0.29) is 18.9 Å². The third-order valence-corrected chi connectivity index (χ3v) is 0. The molecular weight excluding hydrogens is 68.0 g/mol. The van der Waals surface area contributed by atoms with Gasteiger partial charge >= 0.3 is 0 Å². The Labute approximate surface area is 32.2 Å². The third-order valence-electron chi connectivity index (χ3n) is 0. The van der Waals surface area contributed by atoms with E-state index in [0.29, 0.717) is 0 Å². The van der Waals surface area contributed by atoms with Crippen LogP contribution in [0, 0.1) is 0 Å². The van der Waals surface area contributed by atoms with Gasteiger partial charge in [-0.1, -0.05) is 0 Å². The first-order valence-corrected chi connectivity index (χ1v) is 1.02. The predicted molar refractivity (Wildman–Crippen MR) is 17.0 cm³/mol. The van der Waals surface area contributed by atoms with Crippen LogP contribution in [0.5, 0.6) is 0 Å². The molecule has 3 nitrogen and oxygen atoms in total. The van der Waals surface area contributed by atoms with Gasteiger partial charge in [-0.05, 0) is 6.92 Å². The number of aliphatic hydroxyl groups is 1. The van der Waals surface area contributed by atoms with Crippen LogP contribution in [0.1, 0.15) is 6.92 Å². The van der Waals surface area contributed by atoms with Crippen LogP contribution in [-0.2, 0) is 0 Å². The van der Waals surface area contributed by atoms with E-state index in [2.05, 4.69) is 0 Å². The van der Waals surface area contributed by atoms with Crippen molar-refractivity contribution in [3.8, 4) is 0 Å². The van der Waals surface area contributed by atoms with Crippen LogP contribution >= 0.6 is 0 Å². The van der Waals surface area contributed by atoms with Crippen LogP contribution in [-0.4, -0.2) is 11.7 Å². The van der Waals surface area contributed by atoms with Gasteiger partial charge in [0, 0.05) is 18.9 Å². The number of hydrogen-bond acceptors (Lipinski definition) is 1. The molecule has 0 aliphatic heterocycles. The fraction of sp³-hybridized carbons (Fsp3) is 1.00. The maximum Gasteiger partial charge on any atom is 0.0402 e. The van der Waals surface area contributed by atoms with Crippen molar-refractivity contribution in [1.29, 1.82) is 0 Å². The molecule has 0 bridgehead atoms. The summed E-state index contributed by atoms with van der Waals surface area (Å²) in [5, 5.41) is 7.57. The molecule has 5 heavy (non-hydrogen) atoms. The Hall–Kier alpha value is -0.120. The van der Waals surface area contributed by atoms with E-state index in [1.165, 1.54) is 0 Å². The molecule has 0 spiro atoms. The van der Waals surface area contributed by atoms with Crippen LogP contribution in [0.3, 0.4) is 0 Å². The Morgan fingerprint density at radius 3 is 1.40 bits per heavy atom. The van der Waals surface area contributed by atoms with Gasteiger partial charge in [-0.15, -0.1) is 0 Å². The van der Waals surface area contributed by atoms with Crippen LogP contribution in [0.15, 0.2) is 0 Å². The lowest BCUT2D eigenvalue weighted by Crippen LogP contribution is -1.57. The lowest BCUT2D eigenvalue weighted by Gasteiger charge is -1.52. The van der Waals surface area contributed by atoms with E-state index in [1.54, 1.807) is 6.92 Å². The van der Waals surface area contributed by atoms with Gasteiger partial charge in [0.15, 0.2) is 0 Å². The Morgan fingerprint density at radius 2 is 1.40 bits per heavy atom. The minimum absolute atomic E-state index is 0. The predicted octanol–water partition coefficient (Wildman–Crippen LogP) is -0.963. The van der Waals surface area contributed by atoms with Crippen LogP contribution in [0.25, 0.3) is 0 Å². The van der Waals surface area contributed by atoms with Crippen molar-refractivity contribution in [1.82, 2.24) is 12.3 Å². The van der Waals surface area contributed by atoms with Crippen molar-refractivity contribution < 1.29 is 5.11 Å². The van der Waals surface area contributed by atoms with Gasteiger partial charge in [0.25, 0.3) is 0 Å². The minimum atomic E-state index is 0. The van der Waals surface area contributed by atoms with Crippen LogP contribution in [0.2, 0.25) is 0 Å². The second-order valence-electron chi connectivity index (χ2n) is 0.316. The molecule has 0 rings (SSSR count). The maximum atomic E-state index is 7.57. The molecule has 0 aromatic carbocycles. The lowest BCUT2D eigenvalue weighted by molar-refractivity contribution is 0.318. The second kappa shape index (κ2) is 41.6. The summed E-state index contributed by atoms with van der Waals surface area (Å²) in [5.41, 5.74) is 0. The van der Waals surface area contributed by atoms with Gasteiger partial charge in [-0.25, -0.2) is 0 Å². The van der Waals surface area contributed by atoms with E-state index >= 15 is 0 Å². The number of rotatable bonds is 0. The second-order valence-corrected chi connectivity index (χ2v) is 0.316. The van der Waals surface area contributed by atoms with Crippen molar-refractivity contribution >= 4 is 0 Å². The first-order valence-electron chi connectivity index (χ1n) is 1.02. The SMILES string of the molecule is CCO.[N].[N]. The highest BCUT2D eigenvalue weighted by Crippen LogP contribution is 1.30. The topological polar surface area (TPSA) is 81.2 Å². The molecule has 0 fully saturated rings. The van der Waals surface area contributed by atoms with Gasteiger partial charge in [-0.2, -0.15) is 0 Å². The Kier molecular flexibility index (Phi) is 173. The molecule has 0 atom stereocenters. The molecule has 30 valence electrons. The average Bonchev–Trinajstić information content (AvgIpc) is 0.918. The van der Waals surface area contributed by atoms with Gasteiger partial charge < -0.3 is 5.11 Å². The van der Waals surface area contributed by atoms with E-state index in [0.717, 1.165) is 0 Å². The summed E-state index contributed by atoms with van der Waals surface area (Å²) < 4.78 is 0. The maximum absolute atomic E-state index is 7.57. The highest BCUT2D eigenvalue weighted by atomic mass is 16.2. The zero-order valence-electron chi connectivity index (χ0n) is 3.05. The van der Waals surface area contributed by atoms with Crippen LogP contribution in [0.4, 0.5) is 0 Å². The van der Waals surface area contributed by atoms with Gasteiger partial charge in [0.1, 0.15) is 0 Å². The standard InChI is InChI=1S/C2H6O.2N/c1-2-3;;/h3H,2H2,1H3;;. The van der Waals surface area contributed by atoms with E-state index in [1.807, 2.05) is 0 Å². The summed E-state index contributed by atoms with van der Waals surface area (Å²) in [6, 6.07) is 0. The Morgan fingerprint density at radius 1 is 1.40 bits per heavy atom. The Bertz CT molecular complexity index is 7.61. The van der Waals surface area contributed by atoms with Gasteiger partial charge in [-0.3, -0.25) is 0 Å². The summed E-state index contributed by atoms with van der Waals surface area (Å²) in [4.78, 5) is 0. The molecule has 3 heteroatoms. The smallest absolute Gasteiger partial charge is 0.0402 e. The highest BCUT2D eigenvalue weighted by molar-refractivity contribution is 3.84. The average molecular weight is 74.1 g/mol. The van der Waals surface area contributed by atoms with Gasteiger partial charge in [0.05, 0.1) is 0 Å². The molecule has 0 amide bonds. The van der Waals surface area contributed by atoms with E-state index < -0.39 is 0 Å². The first-order chi connectivity index (χ1) is 1.41. The zero-order valence-corrected chi connectivity index (χ0v) is 3.05. The van der Waals surface area contributed by atoms with Crippen molar-refractivity contribution in [2.75, 3.05) is 6.61 Å². The molecule has 0 saturated carbocycles. The largest absolute Gasteiger partial charge is 0.397 e. The quantitative estimate of drug-likeness (QED) is 0.394. The van der Waals surface area contributed by atoms with Crippen molar-refractivity contribution in [3.63, 3.8) is 0 Å². The molecular formula is C2H6N2O. The number of hydrogen-bond donors (Lipinski definition) is 1. The van der Waals surface area contributed by atoms with Crippen molar-refractivity contribution in [2.45, 2.75) is 6.92 Å². The summed E-state index contributed by atoms with van der Waals surface area (Å²) in [5.74, 6) is 0. The van der Waals surface area contributed by atoms with E-state index in [9.17, 15) is 0 Å². The van der Waals surface area contributed by atoms with E-state index in [4.69, 9.17) is 5.11 Å². The summed E-state index contributed by atoms with van der Waals surface area (Å²) in [7, 11) is 0. The molecule has 1 N–H and O–H groups in total. The normalized spacial score (nSPS) is 3.60. The molecule has 0 saturated heterocycles. The van der Waals surface area contributed by atoms with Crippen LogP contribution < -0.4 is 12.3 Å². The monoisotopic (exact) mass is 74.0 g/mol. The molecule has 0 aromatic rings. The lowest BCUT2D eigenvalue weighted by atomic mass is 10.9. The van der Waals surface area contributed by atoms with Crippen molar-refractivity contribution in [2.24, 2.45) is 0 Å².